The molecule has 1 amide bonds. The first-order valence-corrected chi connectivity index (χ1v) is 6.51. The fourth-order valence-electron chi connectivity index (χ4n) is 2.37. The molecule has 2 atom stereocenters. The van der Waals surface area contributed by atoms with E-state index in [-0.39, 0.29) is 23.4 Å². The first kappa shape index (κ1) is 14.5. The molecule has 100 valence electrons. The highest BCUT2D eigenvalue weighted by molar-refractivity contribution is 5.82. The molecular formula is C13H27N3O. The Morgan fingerprint density at radius 3 is 2.65 bits per heavy atom. The molecule has 2 N–H and O–H groups in total. The maximum atomic E-state index is 12.0. The van der Waals surface area contributed by atoms with Crippen molar-refractivity contribution in [3.8, 4) is 0 Å². The van der Waals surface area contributed by atoms with Gasteiger partial charge in [-0.2, -0.15) is 0 Å². The van der Waals surface area contributed by atoms with Crippen molar-refractivity contribution in [2.24, 2.45) is 5.41 Å². The molecule has 0 bridgehead atoms. The lowest BCUT2D eigenvalue weighted by molar-refractivity contribution is -0.124. The molecule has 1 heterocycles. The van der Waals surface area contributed by atoms with E-state index in [2.05, 4.69) is 50.4 Å². The fraction of sp³-hybridized carbons (Fsp3) is 0.923. The minimum Gasteiger partial charge on any atom is -0.352 e. The van der Waals surface area contributed by atoms with E-state index < -0.39 is 0 Å². The molecule has 1 saturated heterocycles. The number of amides is 1. The standard InChI is InChI=1S/C13H27N3O/c1-10(13(2,3)9-16(4)5)15-12(17)11-7-6-8-14-11/h10-11,14H,6-9H2,1-5H3,(H,15,17). The zero-order chi connectivity index (χ0) is 13.1. The average molecular weight is 241 g/mol. The van der Waals surface area contributed by atoms with Crippen molar-refractivity contribution < 1.29 is 4.79 Å². The van der Waals surface area contributed by atoms with Gasteiger partial charge in [-0.15, -0.1) is 0 Å². The van der Waals surface area contributed by atoms with Crippen LogP contribution in [0.4, 0.5) is 0 Å². The minimum absolute atomic E-state index is 0.0209. The van der Waals surface area contributed by atoms with Gasteiger partial charge in [0.2, 0.25) is 5.91 Å². The Bertz CT molecular complexity index is 257. The summed E-state index contributed by atoms with van der Waals surface area (Å²) in [4.78, 5) is 14.2. The third kappa shape index (κ3) is 4.28. The Morgan fingerprint density at radius 1 is 1.53 bits per heavy atom. The third-order valence-corrected chi connectivity index (χ3v) is 3.63. The zero-order valence-electron chi connectivity index (χ0n) is 11.8. The minimum atomic E-state index is 0.0209. The first-order valence-electron chi connectivity index (χ1n) is 6.51. The highest BCUT2D eigenvalue weighted by atomic mass is 16.2. The van der Waals surface area contributed by atoms with Crippen LogP contribution in [0, 0.1) is 5.41 Å². The van der Waals surface area contributed by atoms with Gasteiger partial charge < -0.3 is 15.5 Å². The topological polar surface area (TPSA) is 44.4 Å². The van der Waals surface area contributed by atoms with Crippen LogP contribution in [0.25, 0.3) is 0 Å². The molecule has 0 radical (unpaired) electrons. The van der Waals surface area contributed by atoms with Crippen molar-refractivity contribution in [2.75, 3.05) is 27.2 Å². The number of carbonyl (C=O) groups excluding carboxylic acids is 1. The molecule has 0 saturated carbocycles. The summed E-state index contributed by atoms with van der Waals surface area (Å²) in [5.41, 5.74) is 0.0811. The second-order valence-electron chi connectivity index (χ2n) is 6.11. The van der Waals surface area contributed by atoms with E-state index in [1.165, 1.54) is 0 Å². The van der Waals surface area contributed by atoms with Gasteiger partial charge in [-0.1, -0.05) is 13.8 Å². The van der Waals surface area contributed by atoms with Crippen molar-refractivity contribution in [1.82, 2.24) is 15.5 Å². The Balaban J connectivity index is 2.46. The van der Waals surface area contributed by atoms with Gasteiger partial charge in [-0.05, 0) is 45.8 Å². The molecule has 0 aliphatic carbocycles. The molecule has 0 aromatic rings. The summed E-state index contributed by atoms with van der Waals surface area (Å²) in [6, 6.07) is 0.201. The molecule has 1 aliphatic rings. The van der Waals surface area contributed by atoms with Crippen LogP contribution in [-0.2, 0) is 4.79 Å². The Morgan fingerprint density at radius 2 is 2.18 bits per heavy atom. The monoisotopic (exact) mass is 241 g/mol. The number of hydrogen-bond donors (Lipinski definition) is 2. The van der Waals surface area contributed by atoms with Crippen molar-refractivity contribution in [3.05, 3.63) is 0 Å². The van der Waals surface area contributed by atoms with Crippen molar-refractivity contribution in [1.29, 1.82) is 0 Å². The second-order valence-corrected chi connectivity index (χ2v) is 6.11. The largest absolute Gasteiger partial charge is 0.352 e. The van der Waals surface area contributed by atoms with Gasteiger partial charge in [0.25, 0.3) is 0 Å². The van der Waals surface area contributed by atoms with Crippen molar-refractivity contribution in [2.45, 2.75) is 45.7 Å². The summed E-state index contributed by atoms with van der Waals surface area (Å²) >= 11 is 0. The van der Waals surface area contributed by atoms with E-state index in [4.69, 9.17) is 0 Å². The van der Waals surface area contributed by atoms with Crippen LogP contribution in [-0.4, -0.2) is 50.1 Å². The van der Waals surface area contributed by atoms with Crippen LogP contribution < -0.4 is 10.6 Å². The quantitative estimate of drug-likeness (QED) is 0.749. The van der Waals surface area contributed by atoms with E-state index in [0.29, 0.717) is 0 Å². The highest BCUT2D eigenvalue weighted by Crippen LogP contribution is 2.21. The van der Waals surface area contributed by atoms with Gasteiger partial charge >= 0.3 is 0 Å². The SMILES string of the molecule is CC(NC(=O)C1CCCN1)C(C)(C)CN(C)C. The molecule has 1 aliphatic heterocycles. The molecule has 4 heteroatoms. The number of hydrogen-bond acceptors (Lipinski definition) is 3. The molecule has 4 nitrogen and oxygen atoms in total. The van der Waals surface area contributed by atoms with Crippen LogP contribution in [0.2, 0.25) is 0 Å². The molecule has 2 unspecified atom stereocenters. The van der Waals surface area contributed by atoms with Crippen LogP contribution in [0.5, 0.6) is 0 Å². The normalized spacial score (nSPS) is 22.8. The van der Waals surface area contributed by atoms with Crippen molar-refractivity contribution in [3.63, 3.8) is 0 Å². The van der Waals surface area contributed by atoms with Gasteiger partial charge in [0.15, 0.2) is 0 Å². The number of nitrogens with one attached hydrogen (secondary N) is 2. The molecule has 1 fully saturated rings. The molecule has 0 aromatic heterocycles. The smallest absolute Gasteiger partial charge is 0.237 e. The molecule has 1 rings (SSSR count). The zero-order valence-corrected chi connectivity index (χ0v) is 11.8. The molecule has 17 heavy (non-hydrogen) atoms. The summed E-state index contributed by atoms with van der Waals surface area (Å²) in [6.07, 6.45) is 2.07. The maximum absolute atomic E-state index is 12.0. The Hall–Kier alpha value is -0.610. The van der Waals surface area contributed by atoms with Gasteiger partial charge in [-0.25, -0.2) is 0 Å². The summed E-state index contributed by atoms with van der Waals surface area (Å²) in [6.45, 7) is 8.41. The predicted molar refractivity (Wildman–Crippen MR) is 71.0 cm³/mol. The van der Waals surface area contributed by atoms with E-state index in [0.717, 1.165) is 25.9 Å². The average Bonchev–Trinajstić information content (AvgIpc) is 2.67. The summed E-state index contributed by atoms with van der Waals surface area (Å²) < 4.78 is 0. The van der Waals surface area contributed by atoms with Crippen molar-refractivity contribution >= 4 is 5.91 Å². The highest BCUT2D eigenvalue weighted by Gasteiger charge is 2.30. The second kappa shape index (κ2) is 5.83. The molecule has 0 aromatic carbocycles. The lowest BCUT2D eigenvalue weighted by atomic mass is 9.84. The summed E-state index contributed by atoms with van der Waals surface area (Å²) in [5.74, 6) is 0.154. The van der Waals surface area contributed by atoms with Gasteiger partial charge in [0.05, 0.1) is 6.04 Å². The van der Waals surface area contributed by atoms with E-state index in [1.54, 1.807) is 0 Å². The Kier molecular flexibility index (Phi) is 4.95. The lowest BCUT2D eigenvalue weighted by Gasteiger charge is -2.35. The summed E-state index contributed by atoms with van der Waals surface area (Å²) in [5, 5.41) is 6.37. The van der Waals surface area contributed by atoms with Gasteiger partial charge in [0.1, 0.15) is 0 Å². The maximum Gasteiger partial charge on any atom is 0.237 e. The number of rotatable bonds is 5. The van der Waals surface area contributed by atoms with Crippen LogP contribution in [0.3, 0.4) is 0 Å². The molecular weight excluding hydrogens is 214 g/mol. The lowest BCUT2D eigenvalue weighted by Crippen LogP contribution is -2.51. The predicted octanol–water partition coefficient (Wildman–Crippen LogP) is 0.831. The molecule has 0 spiro atoms. The van der Waals surface area contributed by atoms with Gasteiger partial charge in [0, 0.05) is 12.6 Å². The van der Waals surface area contributed by atoms with Crippen LogP contribution in [0.1, 0.15) is 33.6 Å². The van der Waals surface area contributed by atoms with E-state index in [1.807, 2.05) is 0 Å². The van der Waals surface area contributed by atoms with E-state index in [9.17, 15) is 4.79 Å². The van der Waals surface area contributed by atoms with Crippen LogP contribution >= 0.6 is 0 Å². The number of nitrogens with zero attached hydrogens (tertiary/aromatic N) is 1. The third-order valence-electron chi connectivity index (χ3n) is 3.63. The fourth-order valence-corrected chi connectivity index (χ4v) is 2.37. The van der Waals surface area contributed by atoms with Gasteiger partial charge in [-0.3, -0.25) is 4.79 Å². The Labute approximate surface area is 105 Å². The van der Waals surface area contributed by atoms with Crippen LogP contribution in [0.15, 0.2) is 0 Å². The summed E-state index contributed by atoms with van der Waals surface area (Å²) in [7, 11) is 4.13. The number of carbonyl (C=O) groups is 1. The van der Waals surface area contributed by atoms with E-state index >= 15 is 0 Å². The first-order chi connectivity index (χ1) is 7.83.